The van der Waals surface area contributed by atoms with Gasteiger partial charge in [0.15, 0.2) is 0 Å². The molecule has 2 nitrogen and oxygen atoms in total. The number of nitrogens with zero attached hydrogens (tertiary/aromatic N) is 2. The van der Waals surface area contributed by atoms with Crippen molar-refractivity contribution in [2.45, 2.75) is 6.42 Å². The van der Waals surface area contributed by atoms with Crippen LogP contribution in [0.5, 0.6) is 0 Å². The summed E-state index contributed by atoms with van der Waals surface area (Å²) in [5, 5.41) is 9.87. The van der Waals surface area contributed by atoms with Crippen LogP contribution in [0.15, 0.2) is 30.5 Å². The third-order valence-electron chi connectivity index (χ3n) is 2.46. The molecule has 1 heterocycles. The Kier molecular flexibility index (Phi) is 4.08. The predicted octanol–water partition coefficient (Wildman–Crippen LogP) is 4.77. The third kappa shape index (κ3) is 2.44. The fourth-order valence-electron chi connectivity index (χ4n) is 1.63. The summed E-state index contributed by atoms with van der Waals surface area (Å²) in [7, 11) is 0. The molecule has 1 aromatic carbocycles. The quantitative estimate of drug-likeness (QED) is 0.748. The maximum atomic E-state index is 8.79. The number of rotatable bonds is 2. The number of pyridine rings is 1. The Morgan fingerprint density at radius 3 is 2.56 bits per heavy atom. The molecule has 0 fully saturated rings. The highest BCUT2D eigenvalue weighted by atomic mass is 35.5. The lowest BCUT2D eigenvalue weighted by Crippen LogP contribution is -1.93. The molecule has 0 aliphatic carbocycles. The normalized spacial score (nSPS) is 10.1. The Morgan fingerprint density at radius 1 is 1.06 bits per heavy atom. The maximum absolute atomic E-state index is 8.79. The summed E-state index contributed by atoms with van der Waals surface area (Å²) in [6.07, 6.45) is 1.86. The molecule has 0 radical (unpaired) electrons. The summed E-state index contributed by atoms with van der Waals surface area (Å²) in [6.45, 7) is 0. The molecule has 0 amide bonds. The summed E-state index contributed by atoms with van der Waals surface area (Å²) >= 11 is 18.1. The van der Waals surface area contributed by atoms with Crippen molar-refractivity contribution in [3.05, 3.63) is 51.2 Å². The fourth-order valence-corrected chi connectivity index (χ4v) is 2.27. The first-order chi connectivity index (χ1) is 8.65. The van der Waals surface area contributed by atoms with E-state index in [9.17, 15) is 0 Å². The molecule has 0 saturated carbocycles. The van der Waals surface area contributed by atoms with E-state index in [1.165, 1.54) is 0 Å². The average molecular weight is 298 g/mol. The SMILES string of the molecule is N#CCc1ncccc1-c1ccc(Cl)c(Cl)c1Cl. The topological polar surface area (TPSA) is 36.7 Å². The first kappa shape index (κ1) is 13.2. The fraction of sp³-hybridized carbons (Fsp3) is 0.0769. The van der Waals surface area contributed by atoms with Gasteiger partial charge in [-0.05, 0) is 12.1 Å². The third-order valence-corrected chi connectivity index (χ3v) is 3.76. The zero-order valence-electron chi connectivity index (χ0n) is 9.12. The van der Waals surface area contributed by atoms with Crippen LogP contribution in [-0.4, -0.2) is 4.98 Å². The Bertz CT molecular complexity index is 633. The molecule has 0 aliphatic heterocycles. The van der Waals surface area contributed by atoms with Crippen LogP contribution in [0.1, 0.15) is 5.69 Å². The van der Waals surface area contributed by atoms with Crippen LogP contribution in [0.3, 0.4) is 0 Å². The zero-order valence-corrected chi connectivity index (χ0v) is 11.4. The molecule has 0 atom stereocenters. The average Bonchev–Trinajstić information content (AvgIpc) is 2.38. The van der Waals surface area contributed by atoms with Gasteiger partial charge in [-0.15, -0.1) is 0 Å². The number of halogens is 3. The number of nitriles is 1. The molecule has 0 N–H and O–H groups in total. The molecule has 1 aromatic heterocycles. The largest absolute Gasteiger partial charge is 0.260 e. The van der Waals surface area contributed by atoms with E-state index in [4.69, 9.17) is 40.1 Å². The first-order valence-electron chi connectivity index (χ1n) is 5.10. The van der Waals surface area contributed by atoms with Crippen molar-refractivity contribution in [3.8, 4) is 17.2 Å². The van der Waals surface area contributed by atoms with Crippen LogP contribution in [0.25, 0.3) is 11.1 Å². The molecule has 18 heavy (non-hydrogen) atoms. The maximum Gasteiger partial charge on any atom is 0.0784 e. The second-order valence-corrected chi connectivity index (χ2v) is 4.72. The molecule has 0 bridgehead atoms. The van der Waals surface area contributed by atoms with Gasteiger partial charge in [0.25, 0.3) is 0 Å². The van der Waals surface area contributed by atoms with Gasteiger partial charge in [0, 0.05) is 17.3 Å². The minimum Gasteiger partial charge on any atom is -0.260 e. The van der Waals surface area contributed by atoms with E-state index < -0.39 is 0 Å². The standard InChI is InChI=1S/C13H7Cl3N2/c14-10-4-3-9(12(15)13(10)16)8-2-1-7-18-11(8)5-6-17/h1-4,7H,5H2. The number of hydrogen-bond acceptors (Lipinski definition) is 2. The molecule has 0 saturated heterocycles. The van der Waals surface area contributed by atoms with Gasteiger partial charge >= 0.3 is 0 Å². The summed E-state index contributed by atoms with van der Waals surface area (Å²) in [5.74, 6) is 0. The van der Waals surface area contributed by atoms with Gasteiger partial charge in [0.1, 0.15) is 0 Å². The highest BCUT2D eigenvalue weighted by Gasteiger charge is 2.13. The van der Waals surface area contributed by atoms with Crippen molar-refractivity contribution in [3.63, 3.8) is 0 Å². The van der Waals surface area contributed by atoms with E-state index >= 15 is 0 Å². The second kappa shape index (κ2) is 5.58. The smallest absolute Gasteiger partial charge is 0.0784 e. The van der Waals surface area contributed by atoms with Crippen molar-refractivity contribution < 1.29 is 0 Å². The van der Waals surface area contributed by atoms with Crippen LogP contribution in [0.2, 0.25) is 15.1 Å². The number of aromatic nitrogens is 1. The summed E-state index contributed by atoms with van der Waals surface area (Å²) in [6, 6.07) is 9.16. The van der Waals surface area contributed by atoms with Gasteiger partial charge in [-0.3, -0.25) is 4.98 Å². The number of benzene rings is 1. The van der Waals surface area contributed by atoms with Gasteiger partial charge in [-0.1, -0.05) is 46.9 Å². The Morgan fingerprint density at radius 2 is 1.83 bits per heavy atom. The lowest BCUT2D eigenvalue weighted by molar-refractivity contribution is 1.12. The highest BCUT2D eigenvalue weighted by Crippen LogP contribution is 2.38. The van der Waals surface area contributed by atoms with Crippen LogP contribution < -0.4 is 0 Å². The molecule has 5 heteroatoms. The monoisotopic (exact) mass is 296 g/mol. The lowest BCUT2D eigenvalue weighted by Gasteiger charge is -2.10. The van der Waals surface area contributed by atoms with Gasteiger partial charge < -0.3 is 0 Å². The lowest BCUT2D eigenvalue weighted by atomic mass is 10.0. The van der Waals surface area contributed by atoms with Gasteiger partial charge in [0.2, 0.25) is 0 Å². The summed E-state index contributed by atoms with van der Waals surface area (Å²) < 4.78 is 0. The zero-order chi connectivity index (χ0) is 13.1. The molecule has 90 valence electrons. The van der Waals surface area contributed by atoms with Crippen molar-refractivity contribution in [1.82, 2.24) is 4.98 Å². The van der Waals surface area contributed by atoms with E-state index in [0.717, 1.165) is 11.1 Å². The van der Waals surface area contributed by atoms with Crippen molar-refractivity contribution in [1.29, 1.82) is 5.26 Å². The first-order valence-corrected chi connectivity index (χ1v) is 6.23. The minimum absolute atomic E-state index is 0.215. The Hall–Kier alpha value is -1.27. The summed E-state index contributed by atoms with van der Waals surface area (Å²) in [5.41, 5.74) is 2.19. The molecular weight excluding hydrogens is 291 g/mol. The van der Waals surface area contributed by atoms with E-state index in [2.05, 4.69) is 11.1 Å². The molecule has 2 rings (SSSR count). The Labute approximate surface area is 120 Å². The summed E-state index contributed by atoms with van der Waals surface area (Å²) in [4.78, 5) is 4.18. The van der Waals surface area contributed by atoms with E-state index in [1.54, 1.807) is 24.4 Å². The molecule has 2 aromatic rings. The Balaban J connectivity index is 2.63. The van der Waals surface area contributed by atoms with Gasteiger partial charge in [-0.2, -0.15) is 5.26 Å². The molecule has 0 unspecified atom stereocenters. The van der Waals surface area contributed by atoms with E-state index in [-0.39, 0.29) is 6.42 Å². The highest BCUT2D eigenvalue weighted by molar-refractivity contribution is 6.49. The minimum atomic E-state index is 0.215. The van der Waals surface area contributed by atoms with Crippen LogP contribution in [-0.2, 0) is 6.42 Å². The van der Waals surface area contributed by atoms with E-state index in [0.29, 0.717) is 20.8 Å². The second-order valence-electron chi connectivity index (χ2n) is 3.56. The van der Waals surface area contributed by atoms with Gasteiger partial charge in [-0.25, -0.2) is 0 Å². The van der Waals surface area contributed by atoms with Crippen LogP contribution >= 0.6 is 34.8 Å². The molecular formula is C13H7Cl3N2. The van der Waals surface area contributed by atoms with Crippen LogP contribution in [0, 0.1) is 11.3 Å². The van der Waals surface area contributed by atoms with Crippen LogP contribution in [0.4, 0.5) is 0 Å². The molecule has 0 spiro atoms. The van der Waals surface area contributed by atoms with Crippen molar-refractivity contribution in [2.75, 3.05) is 0 Å². The van der Waals surface area contributed by atoms with E-state index in [1.807, 2.05) is 6.07 Å². The van der Waals surface area contributed by atoms with Gasteiger partial charge in [0.05, 0.1) is 33.3 Å². The van der Waals surface area contributed by atoms with Crippen molar-refractivity contribution >= 4 is 34.8 Å². The van der Waals surface area contributed by atoms with Crippen molar-refractivity contribution in [2.24, 2.45) is 0 Å². The number of hydrogen-bond donors (Lipinski definition) is 0. The predicted molar refractivity (Wildman–Crippen MR) is 74.0 cm³/mol. The molecule has 0 aliphatic rings.